The molecule has 1 heterocycles. The van der Waals surface area contributed by atoms with Crippen LogP contribution in [-0.2, 0) is 16.6 Å². The average Bonchev–Trinajstić information content (AvgIpc) is 2.44. The van der Waals surface area contributed by atoms with Crippen molar-refractivity contribution in [3.8, 4) is 0 Å². The number of pyridine rings is 1. The molecule has 0 unspecified atom stereocenters. The van der Waals surface area contributed by atoms with Crippen LogP contribution in [0.25, 0.3) is 0 Å². The number of aryl methyl sites for hydroxylation is 1. The van der Waals surface area contributed by atoms with Gasteiger partial charge in [-0.3, -0.25) is 4.98 Å². The number of nitrogens with zero attached hydrogens (tertiary/aromatic N) is 1. The van der Waals surface area contributed by atoms with E-state index < -0.39 is 26.6 Å². The molecule has 124 valence electrons. The van der Waals surface area contributed by atoms with Crippen molar-refractivity contribution < 1.29 is 17.2 Å². The van der Waals surface area contributed by atoms with Crippen LogP contribution in [0.4, 0.5) is 20.2 Å². The highest BCUT2D eigenvalue weighted by Gasteiger charge is 2.17. The van der Waals surface area contributed by atoms with Crippen molar-refractivity contribution in [1.82, 2.24) is 4.98 Å². The van der Waals surface area contributed by atoms with E-state index in [2.05, 4.69) is 10.3 Å². The second-order valence-corrected chi connectivity index (χ2v) is 6.62. The Morgan fingerprint density at radius 3 is 2.30 bits per heavy atom. The van der Waals surface area contributed by atoms with Gasteiger partial charge in [-0.15, -0.1) is 0 Å². The van der Waals surface area contributed by atoms with Gasteiger partial charge >= 0.3 is 0 Å². The summed E-state index contributed by atoms with van der Waals surface area (Å²) >= 11 is 0. The summed E-state index contributed by atoms with van der Waals surface area (Å²) in [6, 6.07) is 1.37. The number of anilines is 2. The molecule has 0 saturated heterocycles. The standard InChI is InChI=1S/C14H16F2N4O2S/c1-7-8(2)19-6-13(17)14(7)20-5-10-11(15)3-9(4-12(10)16)23(18,21)22/h3-4,6H,5,17H2,1-2H3,(H,19,20)(H2,18,21,22). The number of aromatic nitrogens is 1. The first-order valence-electron chi connectivity index (χ1n) is 6.57. The molecule has 0 amide bonds. The molecular weight excluding hydrogens is 326 g/mol. The third-order valence-corrected chi connectivity index (χ3v) is 4.38. The number of hydrogen-bond acceptors (Lipinski definition) is 5. The number of nitrogens with one attached hydrogen (secondary N) is 1. The minimum absolute atomic E-state index is 0.211. The molecule has 9 heteroatoms. The van der Waals surface area contributed by atoms with Gasteiger partial charge in [0.2, 0.25) is 10.0 Å². The first-order chi connectivity index (χ1) is 10.6. The van der Waals surface area contributed by atoms with Gasteiger partial charge in [-0.05, 0) is 31.5 Å². The number of rotatable bonds is 4. The van der Waals surface area contributed by atoms with Gasteiger partial charge < -0.3 is 11.1 Å². The van der Waals surface area contributed by atoms with Gasteiger partial charge in [0.05, 0.1) is 22.5 Å². The number of benzene rings is 1. The van der Waals surface area contributed by atoms with Crippen molar-refractivity contribution >= 4 is 21.4 Å². The van der Waals surface area contributed by atoms with Crippen molar-refractivity contribution in [2.75, 3.05) is 11.1 Å². The number of primary sulfonamides is 1. The number of halogens is 2. The molecule has 0 fully saturated rings. The van der Waals surface area contributed by atoms with Crippen LogP contribution in [0.1, 0.15) is 16.8 Å². The average molecular weight is 342 g/mol. The van der Waals surface area contributed by atoms with E-state index in [1.54, 1.807) is 13.8 Å². The number of nitrogens with two attached hydrogens (primary N) is 2. The molecule has 0 spiro atoms. The predicted octanol–water partition coefficient (Wildman–Crippen LogP) is 1.82. The summed E-state index contributed by atoms with van der Waals surface area (Å²) < 4.78 is 50.3. The fraction of sp³-hybridized carbons (Fsp3) is 0.214. The normalized spacial score (nSPS) is 11.5. The van der Waals surface area contributed by atoms with Crippen molar-refractivity contribution in [3.05, 3.63) is 46.8 Å². The minimum atomic E-state index is -4.18. The summed E-state index contributed by atoms with van der Waals surface area (Å²) in [6.07, 6.45) is 1.45. The van der Waals surface area contributed by atoms with E-state index in [1.807, 2.05) is 0 Å². The summed E-state index contributed by atoms with van der Waals surface area (Å²) in [6.45, 7) is 3.34. The molecule has 23 heavy (non-hydrogen) atoms. The van der Waals surface area contributed by atoms with Gasteiger partial charge in [-0.2, -0.15) is 0 Å². The molecule has 0 aliphatic rings. The SMILES string of the molecule is Cc1ncc(N)c(NCc2c(F)cc(S(N)(=O)=O)cc2F)c1C. The molecule has 1 aromatic carbocycles. The maximum absolute atomic E-state index is 14.0. The Morgan fingerprint density at radius 1 is 1.22 bits per heavy atom. The van der Waals surface area contributed by atoms with E-state index in [0.29, 0.717) is 23.5 Å². The molecule has 0 aliphatic carbocycles. The molecule has 0 atom stereocenters. The van der Waals surface area contributed by atoms with Gasteiger partial charge in [0.15, 0.2) is 0 Å². The van der Waals surface area contributed by atoms with Crippen LogP contribution in [0.15, 0.2) is 23.2 Å². The summed E-state index contributed by atoms with van der Waals surface area (Å²) in [7, 11) is -4.18. The quantitative estimate of drug-likeness (QED) is 0.785. The lowest BCUT2D eigenvalue weighted by molar-refractivity contribution is 0.548. The van der Waals surface area contributed by atoms with Crippen LogP contribution in [0, 0.1) is 25.5 Å². The van der Waals surface area contributed by atoms with Crippen LogP contribution in [-0.4, -0.2) is 13.4 Å². The van der Waals surface area contributed by atoms with Crippen LogP contribution < -0.4 is 16.2 Å². The summed E-state index contributed by atoms with van der Waals surface area (Å²) in [5.41, 5.74) is 7.84. The second kappa shape index (κ2) is 6.09. The highest BCUT2D eigenvalue weighted by Crippen LogP contribution is 2.26. The van der Waals surface area contributed by atoms with E-state index in [9.17, 15) is 17.2 Å². The highest BCUT2D eigenvalue weighted by molar-refractivity contribution is 7.89. The highest BCUT2D eigenvalue weighted by atomic mass is 32.2. The second-order valence-electron chi connectivity index (χ2n) is 5.06. The zero-order valence-electron chi connectivity index (χ0n) is 12.5. The number of sulfonamides is 1. The molecule has 0 bridgehead atoms. The molecule has 5 N–H and O–H groups in total. The zero-order chi connectivity index (χ0) is 17.4. The third kappa shape index (κ3) is 3.57. The van der Waals surface area contributed by atoms with Gasteiger partial charge in [0.25, 0.3) is 0 Å². The van der Waals surface area contributed by atoms with Crippen LogP contribution in [0.2, 0.25) is 0 Å². The zero-order valence-corrected chi connectivity index (χ0v) is 13.3. The number of nitrogen functional groups attached to an aromatic ring is 1. The summed E-state index contributed by atoms with van der Waals surface area (Å²) in [4.78, 5) is 3.46. The maximum atomic E-state index is 14.0. The molecule has 1 aromatic heterocycles. The molecular formula is C14H16F2N4O2S. The fourth-order valence-electron chi connectivity index (χ4n) is 2.05. The lowest BCUT2D eigenvalue weighted by atomic mass is 10.1. The summed E-state index contributed by atoms with van der Waals surface area (Å²) in [5.74, 6) is -2.02. The van der Waals surface area contributed by atoms with E-state index in [0.717, 1.165) is 11.3 Å². The van der Waals surface area contributed by atoms with Crippen molar-refractivity contribution in [2.45, 2.75) is 25.3 Å². The molecule has 2 rings (SSSR count). The Bertz CT molecular complexity index is 846. The Morgan fingerprint density at radius 2 is 1.78 bits per heavy atom. The third-order valence-electron chi connectivity index (χ3n) is 3.49. The van der Waals surface area contributed by atoms with Crippen molar-refractivity contribution in [2.24, 2.45) is 5.14 Å². The monoisotopic (exact) mass is 342 g/mol. The Hall–Kier alpha value is -2.26. The van der Waals surface area contributed by atoms with Crippen LogP contribution in [0.3, 0.4) is 0 Å². The van der Waals surface area contributed by atoms with E-state index in [1.165, 1.54) is 6.20 Å². The van der Waals surface area contributed by atoms with Gasteiger partial charge in [0.1, 0.15) is 11.6 Å². The van der Waals surface area contributed by atoms with Crippen LogP contribution >= 0.6 is 0 Å². The fourth-order valence-corrected chi connectivity index (χ4v) is 2.58. The summed E-state index contributed by atoms with van der Waals surface area (Å²) in [5, 5.41) is 7.72. The first kappa shape index (κ1) is 17.1. The van der Waals surface area contributed by atoms with E-state index in [4.69, 9.17) is 10.9 Å². The van der Waals surface area contributed by atoms with Crippen molar-refractivity contribution in [3.63, 3.8) is 0 Å². The number of hydrogen-bond donors (Lipinski definition) is 3. The van der Waals surface area contributed by atoms with Crippen molar-refractivity contribution in [1.29, 1.82) is 0 Å². The van der Waals surface area contributed by atoms with Crippen LogP contribution in [0.5, 0.6) is 0 Å². The Labute approximate surface area is 132 Å². The molecule has 0 radical (unpaired) electrons. The predicted molar refractivity (Wildman–Crippen MR) is 83.2 cm³/mol. The van der Waals surface area contributed by atoms with Gasteiger partial charge in [0, 0.05) is 17.8 Å². The van der Waals surface area contributed by atoms with E-state index >= 15 is 0 Å². The largest absolute Gasteiger partial charge is 0.396 e. The lowest BCUT2D eigenvalue weighted by Crippen LogP contribution is -2.15. The molecule has 2 aromatic rings. The lowest BCUT2D eigenvalue weighted by Gasteiger charge is -2.15. The molecule has 0 aliphatic heterocycles. The first-order valence-corrected chi connectivity index (χ1v) is 8.12. The Kier molecular flexibility index (Phi) is 4.53. The molecule has 0 saturated carbocycles. The van der Waals surface area contributed by atoms with Gasteiger partial charge in [-0.1, -0.05) is 0 Å². The van der Waals surface area contributed by atoms with Gasteiger partial charge in [-0.25, -0.2) is 22.3 Å². The minimum Gasteiger partial charge on any atom is -0.396 e. The topological polar surface area (TPSA) is 111 Å². The maximum Gasteiger partial charge on any atom is 0.238 e. The van der Waals surface area contributed by atoms with E-state index in [-0.39, 0.29) is 12.1 Å². The smallest absolute Gasteiger partial charge is 0.238 e. The Balaban J connectivity index is 2.34. The molecule has 6 nitrogen and oxygen atoms in total.